The fourth-order valence-corrected chi connectivity index (χ4v) is 9.46. The van der Waals surface area contributed by atoms with E-state index in [4.69, 9.17) is 24.4 Å². The van der Waals surface area contributed by atoms with Crippen LogP contribution in [0.5, 0.6) is 0 Å². The Morgan fingerprint density at radius 3 is 2.00 bits per heavy atom. The van der Waals surface area contributed by atoms with Crippen molar-refractivity contribution in [3.05, 3.63) is 115 Å². The molecule has 0 saturated carbocycles. The predicted molar refractivity (Wildman–Crippen MR) is 245 cm³/mol. The van der Waals surface area contributed by atoms with Crippen molar-refractivity contribution in [1.29, 1.82) is 0 Å². The van der Waals surface area contributed by atoms with Gasteiger partial charge in [-0.05, 0) is 99.6 Å². The molecule has 0 radical (unpaired) electrons. The summed E-state index contributed by atoms with van der Waals surface area (Å²) >= 11 is 0. The Bertz CT molecular complexity index is 2650. The number of likely N-dealkylation sites (tertiary alicyclic amines) is 2. The topological polar surface area (TPSA) is 188 Å². The van der Waals surface area contributed by atoms with E-state index in [0.717, 1.165) is 88.9 Å². The molecule has 3 aliphatic heterocycles. The fraction of sp³-hybridized carbons (Fsp3) is 0.380. The maximum Gasteiger partial charge on any atom is 0.408 e. The number of alkyl carbamates (subject to hydrolysis) is 1. The molecule has 0 spiro atoms. The minimum Gasteiger partial charge on any atom is -0.444 e. The van der Waals surface area contributed by atoms with Gasteiger partial charge < -0.3 is 39.9 Å². The molecular formula is C50H55N9O6. The first-order valence-electron chi connectivity index (χ1n) is 22.6. The lowest BCUT2D eigenvalue weighted by Gasteiger charge is -2.33. The maximum absolute atomic E-state index is 14.2. The number of aromatic amines is 2. The second kappa shape index (κ2) is 18.7. The average Bonchev–Trinajstić information content (AvgIpc) is 4.17. The van der Waals surface area contributed by atoms with Gasteiger partial charge in [0.05, 0.1) is 41.4 Å². The summed E-state index contributed by atoms with van der Waals surface area (Å²) < 4.78 is 11.0. The monoisotopic (exact) mass is 877 g/mol. The molecule has 3 fully saturated rings. The molecule has 15 nitrogen and oxygen atoms in total. The van der Waals surface area contributed by atoms with E-state index in [0.29, 0.717) is 44.1 Å². The van der Waals surface area contributed by atoms with E-state index in [1.807, 2.05) is 41.4 Å². The molecule has 3 aliphatic rings. The Balaban J connectivity index is 0.864. The lowest BCUT2D eigenvalue weighted by atomic mass is 9.90. The van der Waals surface area contributed by atoms with Crippen LogP contribution < -0.4 is 10.6 Å². The number of hydrogen-bond donors (Lipinski definition) is 4. The van der Waals surface area contributed by atoms with E-state index >= 15 is 0 Å². The van der Waals surface area contributed by atoms with Gasteiger partial charge in [0.25, 0.3) is 5.91 Å². The van der Waals surface area contributed by atoms with Gasteiger partial charge in [-0.1, -0.05) is 66.7 Å². The van der Waals surface area contributed by atoms with Gasteiger partial charge in [0, 0.05) is 43.4 Å². The van der Waals surface area contributed by atoms with Gasteiger partial charge in [-0.25, -0.2) is 14.8 Å². The summed E-state index contributed by atoms with van der Waals surface area (Å²) in [5.41, 5.74) is 6.40. The summed E-state index contributed by atoms with van der Waals surface area (Å²) in [7, 11) is 0. The van der Waals surface area contributed by atoms with Crippen LogP contribution in [0, 0.1) is 5.92 Å². The minimum atomic E-state index is -0.908. The first kappa shape index (κ1) is 43.4. The molecule has 0 bridgehead atoms. The highest BCUT2D eigenvalue weighted by Gasteiger charge is 2.40. The van der Waals surface area contributed by atoms with Crippen LogP contribution >= 0.6 is 0 Å². The summed E-state index contributed by atoms with van der Waals surface area (Å²) in [5, 5.41) is 6.61. The zero-order valence-electron chi connectivity index (χ0n) is 37.0. The molecule has 4 amide bonds. The number of amides is 4. The number of H-pyrrole nitrogens is 2. The Kier molecular flexibility index (Phi) is 12.5. The lowest BCUT2D eigenvalue weighted by molar-refractivity contribution is -0.138. The first-order chi connectivity index (χ1) is 31.5. The zero-order chi connectivity index (χ0) is 45.1. The molecule has 0 unspecified atom stereocenters. The van der Waals surface area contributed by atoms with E-state index in [-0.39, 0.29) is 29.8 Å². The molecular weight excluding hydrogens is 823 g/mol. The van der Waals surface area contributed by atoms with Crippen LogP contribution in [-0.4, -0.2) is 97.0 Å². The molecule has 3 aromatic carbocycles. The number of carbonyl (C=O) groups excluding carboxylic acids is 4. The number of nitrogens with one attached hydrogen (secondary N) is 4. The number of aromatic nitrogens is 5. The van der Waals surface area contributed by atoms with Gasteiger partial charge in [-0.3, -0.25) is 19.4 Å². The molecule has 6 heterocycles. The Morgan fingerprint density at radius 1 is 0.738 bits per heavy atom. The van der Waals surface area contributed by atoms with Crippen molar-refractivity contribution in [2.45, 2.75) is 89.1 Å². The number of fused-ring (bicyclic) bond motifs is 1. The number of carbonyl (C=O) groups is 4. The number of benzene rings is 3. The van der Waals surface area contributed by atoms with E-state index < -0.39 is 23.8 Å². The number of pyridine rings is 1. The molecule has 3 saturated heterocycles. The van der Waals surface area contributed by atoms with E-state index in [1.165, 1.54) is 0 Å². The zero-order valence-corrected chi connectivity index (χ0v) is 37.0. The minimum absolute atomic E-state index is 0.0443. The second-order valence-corrected chi connectivity index (χ2v) is 18.2. The summed E-state index contributed by atoms with van der Waals surface area (Å²) in [6, 6.07) is 23.9. The Morgan fingerprint density at radius 2 is 1.35 bits per heavy atom. The molecule has 4 atom stereocenters. The number of rotatable bonds is 12. The van der Waals surface area contributed by atoms with E-state index in [1.54, 1.807) is 38.1 Å². The van der Waals surface area contributed by atoms with Crippen molar-refractivity contribution in [2.75, 3.05) is 26.3 Å². The van der Waals surface area contributed by atoms with Crippen molar-refractivity contribution in [3.8, 4) is 33.6 Å². The summed E-state index contributed by atoms with van der Waals surface area (Å²) in [6.45, 7) is 7.71. The van der Waals surface area contributed by atoms with Gasteiger partial charge in [-0.2, -0.15) is 0 Å². The Hall–Kier alpha value is -6.87. The standard InChI is InChI=1S/C50H55N9O6/c1-50(2,3)65-49(63)57-44(33-9-5-4-6-10-33)48(62)59-22-8-12-42(59)45-52-28-39(55-45)32-15-13-31(14-16-32)35-17-18-36-25-37(27-51-38(36)26-35)40-29-53-46(56-40)41-11-7-21-58(41)47(61)43(54-30-60)34-19-23-64-24-20-34/h4-6,9-10,13-18,25-30,34,41-44H,7-8,11-12,19-24H2,1-3H3,(H,52,55)(H,53,56)(H,54,60)(H,57,63)/t41-,42-,43-,44+/m0/s1. The van der Waals surface area contributed by atoms with Gasteiger partial charge in [0.1, 0.15) is 29.3 Å². The van der Waals surface area contributed by atoms with Crippen molar-refractivity contribution in [1.82, 2.24) is 45.4 Å². The SMILES string of the molecule is CC(C)(C)OC(=O)N[C@@H](C(=O)N1CCC[C@H]1c1ncc(-c2ccc(-c3ccc4cc(-c5cnc([C@@H]6CCCN6C(=O)[C@@H](NC=O)C6CCOCC6)[nH]5)cnc4c3)cc2)[nH]1)c1ccccc1. The van der Waals surface area contributed by atoms with Crippen LogP contribution in [0.3, 0.4) is 0 Å². The van der Waals surface area contributed by atoms with Gasteiger partial charge >= 0.3 is 6.09 Å². The maximum atomic E-state index is 14.2. The number of nitrogens with zero attached hydrogens (tertiary/aromatic N) is 5. The van der Waals surface area contributed by atoms with Crippen LogP contribution in [0.15, 0.2) is 97.5 Å². The summed E-state index contributed by atoms with van der Waals surface area (Å²) in [6.07, 6.45) is 10.1. The molecule has 65 heavy (non-hydrogen) atoms. The molecule has 0 aliphatic carbocycles. The predicted octanol–water partition coefficient (Wildman–Crippen LogP) is 7.82. The third-order valence-electron chi connectivity index (χ3n) is 12.7. The fourth-order valence-electron chi connectivity index (χ4n) is 9.46. The molecule has 15 heteroatoms. The largest absolute Gasteiger partial charge is 0.444 e. The molecule has 4 N–H and O–H groups in total. The molecule has 3 aromatic heterocycles. The van der Waals surface area contributed by atoms with Crippen molar-refractivity contribution in [3.63, 3.8) is 0 Å². The lowest BCUT2D eigenvalue weighted by Crippen LogP contribution is -2.51. The highest BCUT2D eigenvalue weighted by molar-refractivity contribution is 5.89. The highest BCUT2D eigenvalue weighted by atomic mass is 16.6. The summed E-state index contributed by atoms with van der Waals surface area (Å²) in [4.78, 5) is 77.3. The van der Waals surface area contributed by atoms with Gasteiger partial charge in [0.2, 0.25) is 12.3 Å². The van der Waals surface area contributed by atoms with Gasteiger partial charge in [-0.15, -0.1) is 0 Å². The second-order valence-electron chi connectivity index (χ2n) is 18.2. The Labute approximate surface area is 377 Å². The molecule has 9 rings (SSSR count). The molecule has 6 aromatic rings. The van der Waals surface area contributed by atoms with Crippen molar-refractivity contribution >= 4 is 35.2 Å². The smallest absolute Gasteiger partial charge is 0.408 e. The quantitative estimate of drug-likeness (QED) is 0.0890. The van der Waals surface area contributed by atoms with Crippen molar-refractivity contribution < 1.29 is 28.7 Å². The third kappa shape index (κ3) is 9.51. The van der Waals surface area contributed by atoms with Crippen LogP contribution in [0.25, 0.3) is 44.5 Å². The van der Waals surface area contributed by atoms with Crippen LogP contribution in [0.1, 0.15) is 94.6 Å². The van der Waals surface area contributed by atoms with Crippen LogP contribution in [0.2, 0.25) is 0 Å². The van der Waals surface area contributed by atoms with Crippen molar-refractivity contribution in [2.24, 2.45) is 5.92 Å². The van der Waals surface area contributed by atoms with E-state index in [2.05, 4.69) is 69.1 Å². The summed E-state index contributed by atoms with van der Waals surface area (Å²) in [5.74, 6) is 1.19. The number of ether oxygens (including phenoxy) is 2. The van der Waals surface area contributed by atoms with Crippen LogP contribution in [-0.2, 0) is 23.9 Å². The normalized spacial score (nSPS) is 18.9. The highest BCUT2D eigenvalue weighted by Crippen LogP contribution is 2.36. The number of hydrogen-bond acceptors (Lipinski definition) is 9. The average molecular weight is 878 g/mol. The first-order valence-corrected chi connectivity index (χ1v) is 22.6. The third-order valence-corrected chi connectivity index (χ3v) is 12.7. The van der Waals surface area contributed by atoms with Gasteiger partial charge in [0.15, 0.2) is 0 Å². The number of imidazole rings is 2. The van der Waals surface area contributed by atoms with Crippen LogP contribution in [0.4, 0.5) is 4.79 Å². The molecule has 336 valence electrons. The van der Waals surface area contributed by atoms with E-state index in [9.17, 15) is 19.2 Å².